The van der Waals surface area contributed by atoms with Crippen molar-refractivity contribution in [3.05, 3.63) is 12.1 Å². The van der Waals surface area contributed by atoms with E-state index in [4.69, 9.17) is 9.31 Å². The van der Waals surface area contributed by atoms with Gasteiger partial charge in [-0.1, -0.05) is 0 Å². The van der Waals surface area contributed by atoms with Gasteiger partial charge in [-0.05, 0) is 33.2 Å². The predicted molar refractivity (Wildman–Crippen MR) is 79.0 cm³/mol. The van der Waals surface area contributed by atoms with Crippen LogP contribution in [0.25, 0.3) is 0 Å². The SMILES string of the molecule is C=C(CN1CCSCC1)B1OC(C)(C)C(C)(C)O1. The third kappa shape index (κ3) is 2.95. The maximum absolute atomic E-state index is 6.01. The van der Waals surface area contributed by atoms with E-state index >= 15 is 0 Å². The van der Waals surface area contributed by atoms with Crippen LogP contribution in [0.1, 0.15) is 27.7 Å². The lowest BCUT2D eigenvalue weighted by atomic mass is 9.79. The Balaban J connectivity index is 1.91. The van der Waals surface area contributed by atoms with Gasteiger partial charge in [-0.15, -0.1) is 6.58 Å². The quantitative estimate of drug-likeness (QED) is 0.732. The highest BCUT2D eigenvalue weighted by Crippen LogP contribution is 2.38. The van der Waals surface area contributed by atoms with E-state index in [9.17, 15) is 0 Å². The van der Waals surface area contributed by atoms with Gasteiger partial charge in [-0.25, -0.2) is 0 Å². The van der Waals surface area contributed by atoms with Gasteiger partial charge in [-0.2, -0.15) is 11.8 Å². The molecule has 0 aliphatic carbocycles. The first kappa shape index (κ1) is 14.4. The third-order valence-electron chi connectivity index (χ3n) is 4.12. The molecule has 0 atom stereocenters. The van der Waals surface area contributed by atoms with Crippen LogP contribution in [0.4, 0.5) is 0 Å². The van der Waals surface area contributed by atoms with E-state index < -0.39 is 0 Å². The van der Waals surface area contributed by atoms with E-state index in [-0.39, 0.29) is 18.3 Å². The largest absolute Gasteiger partial charge is 0.491 e. The Bertz CT molecular complexity index is 311. The molecule has 2 aliphatic heterocycles. The molecule has 0 N–H and O–H groups in total. The van der Waals surface area contributed by atoms with Crippen LogP contribution in [0.5, 0.6) is 0 Å². The Kier molecular flexibility index (Phi) is 4.17. The monoisotopic (exact) mass is 269 g/mol. The average Bonchev–Trinajstić information content (AvgIpc) is 2.50. The topological polar surface area (TPSA) is 21.7 Å². The molecule has 2 fully saturated rings. The highest BCUT2D eigenvalue weighted by Gasteiger charge is 2.52. The van der Waals surface area contributed by atoms with E-state index in [1.165, 1.54) is 11.5 Å². The number of nitrogens with zero attached hydrogens (tertiary/aromatic N) is 1. The van der Waals surface area contributed by atoms with Crippen LogP contribution in [0.2, 0.25) is 0 Å². The summed E-state index contributed by atoms with van der Waals surface area (Å²) in [5.41, 5.74) is 0.511. The molecular formula is C13H24BNO2S. The van der Waals surface area contributed by atoms with Crippen LogP contribution in [0.15, 0.2) is 12.1 Å². The van der Waals surface area contributed by atoms with Gasteiger partial charge in [0.2, 0.25) is 0 Å². The highest BCUT2D eigenvalue weighted by molar-refractivity contribution is 7.99. The molecule has 5 heteroatoms. The minimum atomic E-state index is -0.266. The summed E-state index contributed by atoms with van der Waals surface area (Å²) in [6, 6.07) is 0. The minimum Gasteiger partial charge on any atom is -0.400 e. The van der Waals surface area contributed by atoms with E-state index in [0.29, 0.717) is 0 Å². The molecule has 2 rings (SSSR count). The van der Waals surface area contributed by atoms with Crippen molar-refractivity contribution in [3.63, 3.8) is 0 Å². The first-order valence-corrected chi connectivity index (χ1v) is 7.81. The molecule has 0 aromatic rings. The highest BCUT2D eigenvalue weighted by atomic mass is 32.2. The normalized spacial score (nSPS) is 27.4. The van der Waals surface area contributed by atoms with Gasteiger partial charge in [0.05, 0.1) is 11.2 Å². The van der Waals surface area contributed by atoms with Gasteiger partial charge >= 0.3 is 7.12 Å². The zero-order valence-electron chi connectivity index (χ0n) is 12.0. The maximum Gasteiger partial charge on any atom is 0.491 e. The lowest BCUT2D eigenvalue weighted by molar-refractivity contribution is 0.00578. The van der Waals surface area contributed by atoms with E-state index in [0.717, 1.165) is 25.1 Å². The molecule has 0 bridgehead atoms. The first-order chi connectivity index (χ1) is 8.32. The summed E-state index contributed by atoms with van der Waals surface area (Å²) >= 11 is 2.02. The van der Waals surface area contributed by atoms with Crippen molar-refractivity contribution in [2.45, 2.75) is 38.9 Å². The van der Waals surface area contributed by atoms with Crippen molar-refractivity contribution in [2.75, 3.05) is 31.1 Å². The van der Waals surface area contributed by atoms with Gasteiger partial charge in [0.25, 0.3) is 0 Å². The molecule has 0 saturated carbocycles. The second-order valence-corrected chi connectivity index (χ2v) is 7.36. The lowest BCUT2D eigenvalue weighted by Gasteiger charge is -2.32. The molecule has 0 unspecified atom stereocenters. The molecule has 0 radical (unpaired) electrons. The predicted octanol–water partition coefficient (Wildman–Crippen LogP) is 2.22. The van der Waals surface area contributed by atoms with Gasteiger partial charge in [0.15, 0.2) is 0 Å². The molecule has 3 nitrogen and oxygen atoms in total. The zero-order valence-corrected chi connectivity index (χ0v) is 12.8. The van der Waals surface area contributed by atoms with Crippen LogP contribution in [0.3, 0.4) is 0 Å². The van der Waals surface area contributed by atoms with Crippen LogP contribution in [-0.4, -0.2) is 54.4 Å². The van der Waals surface area contributed by atoms with Gasteiger partial charge in [-0.3, -0.25) is 4.90 Å². The Morgan fingerprint density at radius 3 is 2.17 bits per heavy atom. The number of rotatable bonds is 3. The summed E-state index contributed by atoms with van der Waals surface area (Å²) in [5, 5.41) is 0. The Morgan fingerprint density at radius 1 is 1.17 bits per heavy atom. The van der Waals surface area contributed by atoms with Crippen LogP contribution >= 0.6 is 11.8 Å². The smallest absolute Gasteiger partial charge is 0.400 e. The molecule has 2 heterocycles. The van der Waals surface area contributed by atoms with E-state index in [1.807, 2.05) is 11.8 Å². The van der Waals surface area contributed by atoms with Gasteiger partial charge in [0, 0.05) is 31.1 Å². The fraction of sp³-hybridized carbons (Fsp3) is 0.846. The van der Waals surface area contributed by atoms with Crippen molar-refractivity contribution >= 4 is 18.9 Å². The molecule has 2 aliphatic rings. The second-order valence-electron chi connectivity index (χ2n) is 6.14. The lowest BCUT2D eigenvalue weighted by Crippen LogP contribution is -2.41. The van der Waals surface area contributed by atoms with Crippen molar-refractivity contribution in [1.29, 1.82) is 0 Å². The Hall–Kier alpha value is 0.0349. The first-order valence-electron chi connectivity index (χ1n) is 6.65. The van der Waals surface area contributed by atoms with E-state index in [2.05, 4.69) is 39.2 Å². The second kappa shape index (κ2) is 5.20. The van der Waals surface area contributed by atoms with Gasteiger partial charge in [0.1, 0.15) is 0 Å². The molecule has 0 amide bonds. The molecule has 102 valence electrons. The Labute approximate surface area is 115 Å². The molecule has 18 heavy (non-hydrogen) atoms. The number of hydrogen-bond donors (Lipinski definition) is 0. The Morgan fingerprint density at radius 2 is 1.67 bits per heavy atom. The van der Waals surface area contributed by atoms with E-state index in [1.54, 1.807) is 0 Å². The summed E-state index contributed by atoms with van der Waals surface area (Å²) < 4.78 is 12.0. The van der Waals surface area contributed by atoms with Crippen molar-refractivity contribution < 1.29 is 9.31 Å². The fourth-order valence-corrected chi connectivity index (χ4v) is 3.11. The molecule has 0 spiro atoms. The molecule has 2 saturated heterocycles. The average molecular weight is 269 g/mol. The van der Waals surface area contributed by atoms with Crippen molar-refractivity contribution in [2.24, 2.45) is 0 Å². The summed E-state index contributed by atoms with van der Waals surface area (Å²) in [4.78, 5) is 2.43. The number of thioether (sulfide) groups is 1. The summed E-state index contributed by atoms with van der Waals surface area (Å²) in [6.07, 6.45) is 0. The van der Waals surface area contributed by atoms with Crippen LogP contribution in [-0.2, 0) is 9.31 Å². The third-order valence-corrected chi connectivity index (χ3v) is 5.06. The summed E-state index contributed by atoms with van der Waals surface area (Å²) in [7, 11) is -0.260. The molecule has 0 aromatic carbocycles. The minimum absolute atomic E-state index is 0.260. The zero-order chi connectivity index (χ0) is 13.4. The van der Waals surface area contributed by atoms with Crippen molar-refractivity contribution in [3.8, 4) is 0 Å². The number of hydrogen-bond acceptors (Lipinski definition) is 4. The van der Waals surface area contributed by atoms with Gasteiger partial charge < -0.3 is 9.31 Å². The summed E-state index contributed by atoms with van der Waals surface area (Å²) in [5.74, 6) is 2.44. The molecule has 0 aromatic heterocycles. The summed E-state index contributed by atoms with van der Waals surface area (Å²) in [6.45, 7) is 15.7. The van der Waals surface area contributed by atoms with Crippen LogP contribution < -0.4 is 0 Å². The molecular weight excluding hydrogens is 245 g/mol. The van der Waals surface area contributed by atoms with Crippen molar-refractivity contribution in [1.82, 2.24) is 4.90 Å². The van der Waals surface area contributed by atoms with Crippen LogP contribution in [0, 0.1) is 0 Å². The standard InChI is InChI=1S/C13H24BNO2S/c1-11(10-15-6-8-18-9-7-15)14-16-12(2,3)13(4,5)17-14/h1,6-10H2,2-5H3. The maximum atomic E-state index is 6.01. The fourth-order valence-electron chi connectivity index (χ4n) is 2.13.